The largest absolute Gasteiger partial charge is 0.329 e. The van der Waals surface area contributed by atoms with Gasteiger partial charge in [-0.1, -0.05) is 12.1 Å². The molecule has 1 aromatic heterocycles. The van der Waals surface area contributed by atoms with E-state index in [4.69, 9.17) is 10.7 Å². The third kappa shape index (κ3) is 1.43. The minimum Gasteiger partial charge on any atom is -0.329 e. The normalized spacial score (nSPS) is 16.1. The summed E-state index contributed by atoms with van der Waals surface area (Å²) in [7, 11) is 0. The zero-order valence-corrected chi connectivity index (χ0v) is 8.69. The zero-order valence-electron chi connectivity index (χ0n) is 8.69. The van der Waals surface area contributed by atoms with Crippen LogP contribution in [0.2, 0.25) is 0 Å². The van der Waals surface area contributed by atoms with E-state index in [1.165, 1.54) is 24.2 Å². The van der Waals surface area contributed by atoms with E-state index in [0.717, 1.165) is 12.1 Å². The van der Waals surface area contributed by atoms with Gasteiger partial charge in [0.15, 0.2) is 0 Å². The van der Waals surface area contributed by atoms with Crippen molar-refractivity contribution in [3.63, 3.8) is 0 Å². The molecule has 0 bridgehead atoms. The Morgan fingerprint density at radius 3 is 2.87 bits per heavy atom. The fourth-order valence-corrected chi connectivity index (χ4v) is 2.11. The van der Waals surface area contributed by atoms with Crippen molar-refractivity contribution in [2.24, 2.45) is 5.73 Å². The second kappa shape index (κ2) is 3.35. The van der Waals surface area contributed by atoms with Gasteiger partial charge in [-0.05, 0) is 25.0 Å². The average molecular weight is 201 g/mol. The standard InChI is InChI=1S/C12H15N3/c13-7-8-15-11-4-2-1-3-10(11)14-12(15)9-5-6-9/h1-4,9H,5-8,13H2. The molecule has 3 nitrogen and oxygen atoms in total. The Bertz CT molecular complexity index is 483. The summed E-state index contributed by atoms with van der Waals surface area (Å²) in [5.74, 6) is 1.92. The first kappa shape index (κ1) is 8.92. The molecule has 1 aliphatic carbocycles. The number of hydrogen-bond acceptors (Lipinski definition) is 2. The van der Waals surface area contributed by atoms with Crippen LogP contribution in [0, 0.1) is 0 Å². The molecule has 2 aromatic rings. The molecule has 3 heteroatoms. The molecule has 0 aliphatic heterocycles. The first-order valence-corrected chi connectivity index (χ1v) is 5.55. The molecule has 3 rings (SSSR count). The van der Waals surface area contributed by atoms with Gasteiger partial charge in [-0.3, -0.25) is 0 Å². The number of benzene rings is 1. The van der Waals surface area contributed by atoms with Crippen LogP contribution >= 0.6 is 0 Å². The van der Waals surface area contributed by atoms with Gasteiger partial charge in [0.25, 0.3) is 0 Å². The van der Waals surface area contributed by atoms with Crippen molar-refractivity contribution in [2.45, 2.75) is 25.3 Å². The van der Waals surface area contributed by atoms with E-state index in [2.05, 4.69) is 22.8 Å². The molecular weight excluding hydrogens is 186 g/mol. The predicted molar refractivity (Wildman–Crippen MR) is 60.8 cm³/mol. The first-order valence-electron chi connectivity index (χ1n) is 5.55. The summed E-state index contributed by atoms with van der Waals surface area (Å²) in [5, 5.41) is 0. The Balaban J connectivity index is 2.19. The van der Waals surface area contributed by atoms with Crippen LogP contribution < -0.4 is 5.73 Å². The minimum atomic E-state index is 0.681. The molecule has 0 saturated heterocycles. The number of aromatic nitrogens is 2. The van der Waals surface area contributed by atoms with Crippen LogP contribution in [-0.2, 0) is 6.54 Å². The summed E-state index contributed by atoms with van der Waals surface area (Å²) in [6.45, 7) is 1.56. The topological polar surface area (TPSA) is 43.8 Å². The minimum absolute atomic E-state index is 0.681. The lowest BCUT2D eigenvalue weighted by Gasteiger charge is -2.05. The van der Waals surface area contributed by atoms with Crippen molar-refractivity contribution in [1.82, 2.24) is 9.55 Å². The maximum absolute atomic E-state index is 5.65. The van der Waals surface area contributed by atoms with E-state index < -0.39 is 0 Å². The SMILES string of the molecule is NCCn1c(C2CC2)nc2ccccc21. The van der Waals surface area contributed by atoms with Gasteiger partial charge in [-0.2, -0.15) is 0 Å². The van der Waals surface area contributed by atoms with E-state index in [1.807, 2.05) is 6.07 Å². The summed E-state index contributed by atoms with van der Waals surface area (Å²) >= 11 is 0. The van der Waals surface area contributed by atoms with Crippen molar-refractivity contribution in [3.05, 3.63) is 30.1 Å². The highest BCUT2D eigenvalue weighted by molar-refractivity contribution is 5.76. The lowest BCUT2D eigenvalue weighted by atomic mass is 10.3. The van der Waals surface area contributed by atoms with E-state index >= 15 is 0 Å². The van der Waals surface area contributed by atoms with Gasteiger partial charge in [0.1, 0.15) is 5.82 Å². The van der Waals surface area contributed by atoms with Crippen molar-refractivity contribution in [1.29, 1.82) is 0 Å². The molecule has 1 fully saturated rings. The average Bonchev–Trinajstić information content (AvgIpc) is 3.04. The third-order valence-electron chi connectivity index (χ3n) is 2.98. The van der Waals surface area contributed by atoms with Crippen molar-refractivity contribution in [3.8, 4) is 0 Å². The summed E-state index contributed by atoms with van der Waals surface area (Å²) in [4.78, 5) is 4.70. The Kier molecular flexibility index (Phi) is 1.99. The molecule has 0 unspecified atom stereocenters. The third-order valence-corrected chi connectivity index (χ3v) is 2.98. The Hall–Kier alpha value is -1.35. The van der Waals surface area contributed by atoms with E-state index in [0.29, 0.717) is 12.5 Å². The summed E-state index contributed by atoms with van der Waals surface area (Å²) in [6, 6.07) is 8.31. The van der Waals surface area contributed by atoms with Gasteiger partial charge in [-0.15, -0.1) is 0 Å². The molecule has 15 heavy (non-hydrogen) atoms. The second-order valence-corrected chi connectivity index (χ2v) is 4.17. The van der Waals surface area contributed by atoms with Gasteiger partial charge < -0.3 is 10.3 Å². The van der Waals surface area contributed by atoms with Crippen molar-refractivity contribution >= 4 is 11.0 Å². The van der Waals surface area contributed by atoms with Gasteiger partial charge in [0, 0.05) is 19.0 Å². The monoisotopic (exact) mass is 201 g/mol. The van der Waals surface area contributed by atoms with Crippen LogP contribution in [0.1, 0.15) is 24.6 Å². The number of para-hydroxylation sites is 2. The van der Waals surface area contributed by atoms with Gasteiger partial charge in [0.05, 0.1) is 11.0 Å². The van der Waals surface area contributed by atoms with E-state index in [-0.39, 0.29) is 0 Å². The molecule has 0 amide bonds. The zero-order chi connectivity index (χ0) is 10.3. The molecule has 1 saturated carbocycles. The molecule has 1 heterocycles. The van der Waals surface area contributed by atoms with Crippen molar-refractivity contribution in [2.75, 3.05) is 6.54 Å². The number of imidazole rings is 1. The highest BCUT2D eigenvalue weighted by Gasteiger charge is 2.29. The summed E-state index contributed by atoms with van der Waals surface area (Å²) in [6.07, 6.45) is 2.57. The molecule has 1 aromatic carbocycles. The van der Waals surface area contributed by atoms with Crippen LogP contribution in [0.25, 0.3) is 11.0 Å². The summed E-state index contributed by atoms with van der Waals surface area (Å²) in [5.41, 5.74) is 7.98. The van der Waals surface area contributed by atoms with Gasteiger partial charge in [0.2, 0.25) is 0 Å². The molecule has 0 radical (unpaired) electrons. The Labute approximate surface area is 88.9 Å². The van der Waals surface area contributed by atoms with Crippen LogP contribution in [0.15, 0.2) is 24.3 Å². The first-order chi connectivity index (χ1) is 7.40. The number of nitrogens with zero attached hydrogens (tertiary/aromatic N) is 2. The van der Waals surface area contributed by atoms with Crippen LogP contribution in [-0.4, -0.2) is 16.1 Å². The number of hydrogen-bond donors (Lipinski definition) is 1. The van der Waals surface area contributed by atoms with E-state index in [9.17, 15) is 0 Å². The van der Waals surface area contributed by atoms with Gasteiger partial charge in [-0.25, -0.2) is 4.98 Å². The Morgan fingerprint density at radius 1 is 1.33 bits per heavy atom. The molecule has 2 N–H and O–H groups in total. The number of rotatable bonds is 3. The number of nitrogens with two attached hydrogens (primary N) is 1. The maximum atomic E-state index is 5.65. The fraction of sp³-hybridized carbons (Fsp3) is 0.417. The van der Waals surface area contributed by atoms with Crippen LogP contribution in [0.4, 0.5) is 0 Å². The van der Waals surface area contributed by atoms with Crippen LogP contribution in [0.3, 0.4) is 0 Å². The highest BCUT2D eigenvalue weighted by atomic mass is 15.1. The molecule has 78 valence electrons. The molecular formula is C12H15N3. The lowest BCUT2D eigenvalue weighted by molar-refractivity contribution is 0.680. The van der Waals surface area contributed by atoms with Gasteiger partial charge >= 0.3 is 0 Å². The fourth-order valence-electron chi connectivity index (χ4n) is 2.11. The molecule has 0 atom stereocenters. The van der Waals surface area contributed by atoms with Crippen molar-refractivity contribution < 1.29 is 0 Å². The number of fused-ring (bicyclic) bond motifs is 1. The lowest BCUT2D eigenvalue weighted by Crippen LogP contribution is -2.12. The predicted octanol–water partition coefficient (Wildman–Crippen LogP) is 1.87. The van der Waals surface area contributed by atoms with Crippen LogP contribution in [0.5, 0.6) is 0 Å². The maximum Gasteiger partial charge on any atom is 0.113 e. The van der Waals surface area contributed by atoms with E-state index in [1.54, 1.807) is 0 Å². The Morgan fingerprint density at radius 2 is 2.13 bits per heavy atom. The quantitative estimate of drug-likeness (QED) is 0.823. The second-order valence-electron chi connectivity index (χ2n) is 4.17. The molecule has 0 spiro atoms. The highest BCUT2D eigenvalue weighted by Crippen LogP contribution is 2.40. The smallest absolute Gasteiger partial charge is 0.113 e. The molecule has 1 aliphatic rings. The summed E-state index contributed by atoms with van der Waals surface area (Å²) < 4.78 is 2.28.